The highest BCUT2D eigenvalue weighted by atomic mass is 32.1. The summed E-state index contributed by atoms with van der Waals surface area (Å²) in [5.74, 6) is 0. The van der Waals surface area contributed by atoms with Crippen molar-refractivity contribution in [3.63, 3.8) is 0 Å². The molecule has 0 unspecified atom stereocenters. The Labute approximate surface area is 412 Å². The topological polar surface area (TPSA) is 6.48 Å². The number of hydrogen-bond acceptors (Lipinski definition) is 3. The van der Waals surface area contributed by atoms with Crippen LogP contribution in [0.4, 0.5) is 34.1 Å². The molecule has 1 aliphatic carbocycles. The first-order valence-electron chi connectivity index (χ1n) is 24.1. The third-order valence-electron chi connectivity index (χ3n) is 14.7. The number of fused-ring (bicyclic) bond motifs is 12. The molecule has 0 N–H and O–H groups in total. The molecule has 1 aromatic heterocycles. The van der Waals surface area contributed by atoms with E-state index >= 15 is 0 Å². The maximum Gasteiger partial charge on any atom is 0.0755 e. The van der Waals surface area contributed by atoms with Crippen LogP contribution in [0.15, 0.2) is 267 Å². The fraction of sp³-hybridized carbons (Fsp3) is 0.0149. The van der Waals surface area contributed by atoms with Crippen molar-refractivity contribution in [3.8, 4) is 44.5 Å². The van der Waals surface area contributed by atoms with E-state index in [2.05, 4.69) is 277 Å². The van der Waals surface area contributed by atoms with E-state index in [-0.39, 0.29) is 0 Å². The Morgan fingerprint density at radius 3 is 1.64 bits per heavy atom. The van der Waals surface area contributed by atoms with E-state index in [0.29, 0.717) is 0 Å². The lowest BCUT2D eigenvalue weighted by Gasteiger charge is -2.45. The first-order valence-corrected chi connectivity index (χ1v) is 24.9. The molecule has 2 aliphatic rings. The van der Waals surface area contributed by atoms with Gasteiger partial charge in [-0.25, -0.2) is 0 Å². The highest BCUT2D eigenvalue weighted by molar-refractivity contribution is 7.25. The number of nitrogens with zero attached hydrogens (tertiary/aromatic N) is 2. The maximum absolute atomic E-state index is 2.52. The van der Waals surface area contributed by atoms with Gasteiger partial charge in [0.15, 0.2) is 0 Å². The fourth-order valence-electron chi connectivity index (χ4n) is 11.7. The second-order valence-electron chi connectivity index (χ2n) is 18.4. The van der Waals surface area contributed by atoms with Gasteiger partial charge in [-0.1, -0.05) is 194 Å². The molecule has 11 aromatic carbocycles. The zero-order chi connectivity index (χ0) is 46.2. The smallest absolute Gasteiger partial charge is 0.0755 e. The van der Waals surface area contributed by atoms with E-state index in [1.807, 2.05) is 11.3 Å². The van der Waals surface area contributed by atoms with Gasteiger partial charge in [0.2, 0.25) is 0 Å². The van der Waals surface area contributed by atoms with Crippen LogP contribution in [0, 0.1) is 0 Å². The predicted octanol–water partition coefficient (Wildman–Crippen LogP) is 18.7. The molecule has 328 valence electrons. The van der Waals surface area contributed by atoms with Crippen LogP contribution in [-0.2, 0) is 5.41 Å². The minimum absolute atomic E-state index is 0.593. The van der Waals surface area contributed by atoms with Crippen molar-refractivity contribution < 1.29 is 0 Å². The number of anilines is 6. The zero-order valence-corrected chi connectivity index (χ0v) is 39.0. The van der Waals surface area contributed by atoms with E-state index in [9.17, 15) is 0 Å². The normalized spacial score (nSPS) is 12.9. The van der Waals surface area contributed by atoms with Crippen LogP contribution in [0.1, 0.15) is 22.3 Å². The van der Waals surface area contributed by atoms with E-state index in [1.54, 1.807) is 0 Å². The average molecular weight is 909 g/mol. The third kappa shape index (κ3) is 6.12. The van der Waals surface area contributed by atoms with Crippen molar-refractivity contribution in [1.29, 1.82) is 0 Å². The van der Waals surface area contributed by atoms with Crippen molar-refractivity contribution in [2.75, 3.05) is 9.80 Å². The monoisotopic (exact) mass is 908 g/mol. The molecule has 0 atom stereocenters. The van der Waals surface area contributed by atoms with Gasteiger partial charge in [0.1, 0.15) is 0 Å². The molecule has 0 fully saturated rings. The number of benzene rings is 11. The standard InChI is InChI=1S/C67H44N2S/c1-3-19-45(20-4-1)47-21-17-22-49(43-47)52-25-8-13-32-60(52)68(51-40-37-46(38-41-51)48-39-42-65-55(44-48)53-26-9-16-36-64(53)70-65)63-35-18-31-59-66(63)54-27-7-10-28-56(54)67(59)57-29-11-14-33-61(57)69(50-23-5-2-6-24-50)62-34-15-12-30-58(62)67/h1-44H. The average Bonchev–Trinajstić information content (AvgIpc) is 3.96. The molecule has 70 heavy (non-hydrogen) atoms. The molecule has 12 aromatic rings. The summed E-state index contributed by atoms with van der Waals surface area (Å²) in [4.78, 5) is 4.97. The summed E-state index contributed by atoms with van der Waals surface area (Å²) >= 11 is 1.86. The fourth-order valence-corrected chi connectivity index (χ4v) is 12.8. The molecule has 14 rings (SSSR count). The largest absolute Gasteiger partial charge is 0.310 e. The predicted molar refractivity (Wildman–Crippen MR) is 296 cm³/mol. The van der Waals surface area contributed by atoms with Gasteiger partial charge in [0, 0.05) is 42.7 Å². The SMILES string of the molecule is c1ccc(-c2cccc(-c3ccccc3N(c3ccc(-c4ccc5sc6ccccc6c5c4)cc3)c3cccc4c3-c3ccccc3C43c4ccccc4N(c4ccccc4)c4ccccc43)c2)cc1. The highest BCUT2D eigenvalue weighted by Crippen LogP contribution is 2.65. The van der Waals surface area contributed by atoms with Gasteiger partial charge in [-0.3, -0.25) is 0 Å². The zero-order valence-electron chi connectivity index (χ0n) is 38.2. The summed E-state index contributed by atoms with van der Waals surface area (Å²) in [6.07, 6.45) is 0. The summed E-state index contributed by atoms with van der Waals surface area (Å²) < 4.78 is 2.63. The third-order valence-corrected chi connectivity index (χ3v) is 15.8. The molecular formula is C67H44N2S. The Hall–Kier alpha value is -8.76. The van der Waals surface area contributed by atoms with E-state index in [1.165, 1.54) is 87.2 Å². The first kappa shape index (κ1) is 40.3. The molecular weight excluding hydrogens is 865 g/mol. The van der Waals surface area contributed by atoms with Gasteiger partial charge in [-0.05, 0) is 128 Å². The van der Waals surface area contributed by atoms with Crippen LogP contribution < -0.4 is 9.80 Å². The van der Waals surface area contributed by atoms with Gasteiger partial charge < -0.3 is 9.80 Å². The minimum Gasteiger partial charge on any atom is -0.310 e. The van der Waals surface area contributed by atoms with Crippen LogP contribution >= 0.6 is 11.3 Å². The van der Waals surface area contributed by atoms with Crippen LogP contribution in [0.2, 0.25) is 0 Å². The van der Waals surface area contributed by atoms with Crippen molar-refractivity contribution in [1.82, 2.24) is 0 Å². The van der Waals surface area contributed by atoms with Crippen molar-refractivity contribution in [3.05, 3.63) is 289 Å². The Bertz CT molecular complexity index is 3920. The Morgan fingerprint density at radius 2 is 0.857 bits per heavy atom. The number of rotatable bonds is 7. The first-order chi connectivity index (χ1) is 34.7. The molecule has 0 amide bonds. The number of hydrogen-bond donors (Lipinski definition) is 0. The highest BCUT2D eigenvalue weighted by Gasteiger charge is 2.52. The summed E-state index contributed by atoms with van der Waals surface area (Å²) in [5, 5.41) is 2.62. The lowest BCUT2D eigenvalue weighted by atomic mass is 9.64. The second kappa shape index (κ2) is 16.2. The van der Waals surface area contributed by atoms with Gasteiger partial charge in [-0.15, -0.1) is 11.3 Å². The van der Waals surface area contributed by atoms with Crippen LogP contribution in [-0.4, -0.2) is 0 Å². The van der Waals surface area contributed by atoms with Crippen LogP contribution in [0.3, 0.4) is 0 Å². The summed E-state index contributed by atoms with van der Waals surface area (Å²) in [5.41, 5.74) is 20.9. The number of thiophene rings is 1. The molecule has 1 spiro atoms. The lowest BCUT2D eigenvalue weighted by Crippen LogP contribution is -2.36. The molecule has 0 saturated heterocycles. The Morgan fingerprint density at radius 1 is 0.329 bits per heavy atom. The Kier molecular flexibility index (Phi) is 9.33. The van der Waals surface area contributed by atoms with Gasteiger partial charge in [0.05, 0.1) is 28.2 Å². The molecule has 2 nitrogen and oxygen atoms in total. The van der Waals surface area contributed by atoms with E-state index in [0.717, 1.165) is 33.9 Å². The molecule has 0 radical (unpaired) electrons. The van der Waals surface area contributed by atoms with E-state index in [4.69, 9.17) is 0 Å². The number of para-hydroxylation sites is 4. The molecule has 0 bridgehead atoms. The molecule has 3 heteroatoms. The minimum atomic E-state index is -0.593. The van der Waals surface area contributed by atoms with Gasteiger partial charge >= 0.3 is 0 Å². The van der Waals surface area contributed by atoms with Crippen molar-refractivity contribution in [2.45, 2.75) is 5.41 Å². The molecule has 1 aliphatic heterocycles. The lowest BCUT2D eigenvalue weighted by molar-refractivity contribution is 0.752. The summed E-state index contributed by atoms with van der Waals surface area (Å²) in [7, 11) is 0. The summed E-state index contributed by atoms with van der Waals surface area (Å²) in [6, 6.07) is 98.7. The van der Waals surface area contributed by atoms with Crippen LogP contribution in [0.25, 0.3) is 64.7 Å². The quantitative estimate of drug-likeness (QED) is 0.157. The Balaban J connectivity index is 1.01. The van der Waals surface area contributed by atoms with Crippen molar-refractivity contribution in [2.24, 2.45) is 0 Å². The van der Waals surface area contributed by atoms with Crippen molar-refractivity contribution >= 4 is 65.6 Å². The van der Waals surface area contributed by atoms with Gasteiger partial charge in [-0.2, -0.15) is 0 Å². The summed E-state index contributed by atoms with van der Waals surface area (Å²) in [6.45, 7) is 0. The van der Waals surface area contributed by atoms with Crippen LogP contribution in [0.5, 0.6) is 0 Å². The maximum atomic E-state index is 2.52. The second-order valence-corrected chi connectivity index (χ2v) is 19.4. The molecule has 0 saturated carbocycles. The van der Waals surface area contributed by atoms with Gasteiger partial charge in [0.25, 0.3) is 0 Å². The molecule has 2 heterocycles. The van der Waals surface area contributed by atoms with E-state index < -0.39 is 5.41 Å².